The second kappa shape index (κ2) is 4.54. The van der Waals surface area contributed by atoms with Crippen LogP contribution in [0.4, 0.5) is 0 Å². The lowest BCUT2D eigenvalue weighted by atomic mass is 9.56. The first-order valence-electron chi connectivity index (χ1n) is 6.73. The van der Waals surface area contributed by atoms with Gasteiger partial charge in [0.2, 0.25) is 0 Å². The predicted molar refractivity (Wildman–Crippen MR) is 68.4 cm³/mol. The van der Waals surface area contributed by atoms with Crippen molar-refractivity contribution < 1.29 is 13.0 Å². The molecule has 3 nitrogen and oxygen atoms in total. The minimum atomic E-state index is -3.80. The molecular weight excluding hydrogens is 236 g/mol. The van der Waals surface area contributed by atoms with Gasteiger partial charge in [-0.25, -0.2) is 0 Å². The monoisotopic (exact) mass is 260 g/mol. The van der Waals surface area contributed by atoms with Crippen LogP contribution in [0.15, 0.2) is 0 Å². The van der Waals surface area contributed by atoms with E-state index in [1.54, 1.807) is 0 Å². The summed E-state index contributed by atoms with van der Waals surface area (Å²) in [6.07, 6.45) is 6.72. The Labute approximate surface area is 105 Å². The highest BCUT2D eigenvalue weighted by molar-refractivity contribution is 7.85. The fourth-order valence-corrected chi connectivity index (χ4v) is 5.25. The standard InChI is InChI=1S/C13H24O3S/c1-10-5-12-6-11(2)8-13(7-10,9-12)3-4-17(14,15)16/h10-12H,3-9H2,1-2H3,(H,14,15,16). The van der Waals surface area contributed by atoms with E-state index in [0.717, 1.165) is 18.8 Å². The van der Waals surface area contributed by atoms with E-state index in [0.29, 0.717) is 18.3 Å². The van der Waals surface area contributed by atoms with E-state index in [1.807, 2.05) is 0 Å². The Balaban J connectivity index is 2.09. The number of fused-ring (bicyclic) bond motifs is 2. The zero-order valence-corrected chi connectivity index (χ0v) is 11.7. The third-order valence-corrected chi connectivity index (χ3v) is 5.37. The highest BCUT2D eigenvalue weighted by Gasteiger charge is 2.44. The second-order valence-electron chi connectivity index (χ2n) is 6.70. The lowest BCUT2D eigenvalue weighted by Gasteiger charge is -2.50. The summed E-state index contributed by atoms with van der Waals surface area (Å²) in [5.74, 6) is 2.15. The molecule has 2 atom stereocenters. The number of hydrogen-bond donors (Lipinski definition) is 1. The quantitative estimate of drug-likeness (QED) is 0.793. The molecule has 4 heteroatoms. The van der Waals surface area contributed by atoms with Gasteiger partial charge in [-0.15, -0.1) is 0 Å². The largest absolute Gasteiger partial charge is 0.286 e. The number of rotatable bonds is 3. The molecule has 2 unspecified atom stereocenters. The Morgan fingerprint density at radius 3 is 2.12 bits per heavy atom. The van der Waals surface area contributed by atoms with Crippen molar-refractivity contribution in [2.24, 2.45) is 23.2 Å². The Hall–Kier alpha value is -0.0900. The molecule has 2 fully saturated rings. The van der Waals surface area contributed by atoms with Crippen molar-refractivity contribution in [3.05, 3.63) is 0 Å². The van der Waals surface area contributed by atoms with E-state index in [2.05, 4.69) is 13.8 Å². The molecule has 2 rings (SSSR count). The SMILES string of the molecule is CC1CC2CC(C)CC(CCS(=O)(=O)O)(C1)C2. The van der Waals surface area contributed by atoms with Gasteiger partial charge in [0.1, 0.15) is 0 Å². The Bertz CT molecular complexity index is 355. The molecule has 0 aromatic heterocycles. The van der Waals surface area contributed by atoms with Gasteiger partial charge < -0.3 is 0 Å². The van der Waals surface area contributed by atoms with Crippen molar-refractivity contribution in [3.63, 3.8) is 0 Å². The molecule has 0 amide bonds. The highest BCUT2D eigenvalue weighted by atomic mass is 32.2. The van der Waals surface area contributed by atoms with Crippen LogP contribution in [0.2, 0.25) is 0 Å². The molecule has 2 bridgehead atoms. The van der Waals surface area contributed by atoms with Gasteiger partial charge in [-0.1, -0.05) is 13.8 Å². The van der Waals surface area contributed by atoms with Crippen LogP contribution < -0.4 is 0 Å². The van der Waals surface area contributed by atoms with E-state index in [1.165, 1.54) is 19.3 Å². The summed E-state index contributed by atoms with van der Waals surface area (Å²) < 4.78 is 30.8. The van der Waals surface area contributed by atoms with Gasteiger partial charge in [0.05, 0.1) is 5.75 Å². The van der Waals surface area contributed by atoms with Crippen LogP contribution in [0.5, 0.6) is 0 Å². The summed E-state index contributed by atoms with van der Waals surface area (Å²) in [6, 6.07) is 0. The van der Waals surface area contributed by atoms with Crippen molar-refractivity contribution in [3.8, 4) is 0 Å². The third-order valence-electron chi connectivity index (χ3n) is 4.65. The zero-order chi connectivity index (χ0) is 12.7. The van der Waals surface area contributed by atoms with Gasteiger partial charge in [-0.3, -0.25) is 4.55 Å². The molecule has 2 saturated carbocycles. The van der Waals surface area contributed by atoms with E-state index < -0.39 is 10.1 Å². The maximum Gasteiger partial charge on any atom is 0.264 e. The normalized spacial score (nSPS) is 42.4. The van der Waals surface area contributed by atoms with Crippen LogP contribution in [0.1, 0.15) is 52.4 Å². The van der Waals surface area contributed by atoms with Crippen molar-refractivity contribution in [2.45, 2.75) is 52.4 Å². The van der Waals surface area contributed by atoms with Crippen LogP contribution in [0, 0.1) is 23.2 Å². The molecule has 0 heterocycles. The van der Waals surface area contributed by atoms with Crippen LogP contribution in [0.3, 0.4) is 0 Å². The lowest BCUT2D eigenvalue weighted by Crippen LogP contribution is -2.40. The lowest BCUT2D eigenvalue weighted by molar-refractivity contribution is 0.0155. The molecular formula is C13H24O3S. The maximum atomic E-state index is 11.0. The average molecular weight is 260 g/mol. The van der Waals surface area contributed by atoms with Gasteiger partial charge in [-0.05, 0) is 61.7 Å². The highest BCUT2D eigenvalue weighted by Crippen LogP contribution is 2.54. The summed E-state index contributed by atoms with van der Waals surface area (Å²) >= 11 is 0. The first-order valence-corrected chi connectivity index (χ1v) is 8.34. The van der Waals surface area contributed by atoms with E-state index >= 15 is 0 Å². The topological polar surface area (TPSA) is 54.4 Å². The van der Waals surface area contributed by atoms with Gasteiger partial charge >= 0.3 is 0 Å². The van der Waals surface area contributed by atoms with Gasteiger partial charge in [0, 0.05) is 0 Å². The second-order valence-corrected chi connectivity index (χ2v) is 8.27. The van der Waals surface area contributed by atoms with Crippen LogP contribution in [0.25, 0.3) is 0 Å². The predicted octanol–water partition coefficient (Wildman–Crippen LogP) is 3.12. The molecule has 2 aliphatic carbocycles. The fraction of sp³-hybridized carbons (Fsp3) is 1.00. The molecule has 17 heavy (non-hydrogen) atoms. The van der Waals surface area contributed by atoms with E-state index in [-0.39, 0.29) is 11.2 Å². The summed E-state index contributed by atoms with van der Waals surface area (Å²) in [5.41, 5.74) is 0.190. The molecule has 0 aliphatic heterocycles. The molecule has 0 aromatic carbocycles. The first kappa shape index (κ1) is 13.3. The Morgan fingerprint density at radius 1 is 1.12 bits per heavy atom. The smallest absolute Gasteiger partial charge is 0.264 e. The molecule has 2 aliphatic rings. The van der Waals surface area contributed by atoms with E-state index in [9.17, 15) is 8.42 Å². The molecule has 1 N–H and O–H groups in total. The summed E-state index contributed by atoms with van der Waals surface area (Å²) in [6.45, 7) is 4.56. The molecule has 0 saturated heterocycles. The summed E-state index contributed by atoms with van der Waals surface area (Å²) in [4.78, 5) is 0. The van der Waals surface area contributed by atoms with Crippen molar-refractivity contribution in [2.75, 3.05) is 5.75 Å². The molecule has 100 valence electrons. The van der Waals surface area contributed by atoms with Gasteiger partial charge in [-0.2, -0.15) is 8.42 Å². The van der Waals surface area contributed by atoms with E-state index in [4.69, 9.17) is 4.55 Å². The minimum Gasteiger partial charge on any atom is -0.286 e. The Kier molecular flexibility index (Phi) is 3.56. The Morgan fingerprint density at radius 2 is 1.65 bits per heavy atom. The van der Waals surface area contributed by atoms with Crippen LogP contribution in [-0.4, -0.2) is 18.7 Å². The number of hydrogen-bond acceptors (Lipinski definition) is 2. The zero-order valence-electron chi connectivity index (χ0n) is 10.9. The first-order chi connectivity index (χ1) is 7.78. The summed E-state index contributed by atoms with van der Waals surface area (Å²) in [7, 11) is -3.80. The third kappa shape index (κ3) is 3.44. The van der Waals surface area contributed by atoms with Crippen LogP contribution >= 0.6 is 0 Å². The van der Waals surface area contributed by atoms with Crippen molar-refractivity contribution in [1.29, 1.82) is 0 Å². The summed E-state index contributed by atoms with van der Waals surface area (Å²) in [5, 5.41) is 0. The van der Waals surface area contributed by atoms with Gasteiger partial charge in [0.25, 0.3) is 10.1 Å². The van der Waals surface area contributed by atoms with Gasteiger partial charge in [0.15, 0.2) is 0 Å². The maximum absolute atomic E-state index is 11.0. The van der Waals surface area contributed by atoms with Crippen LogP contribution in [-0.2, 0) is 10.1 Å². The molecule has 0 spiro atoms. The minimum absolute atomic E-state index is 0.0564. The van der Waals surface area contributed by atoms with Crippen molar-refractivity contribution >= 4 is 10.1 Å². The fourth-order valence-electron chi connectivity index (χ4n) is 4.56. The molecule has 0 aromatic rings. The molecule has 0 radical (unpaired) electrons. The average Bonchev–Trinajstić information content (AvgIpc) is 2.11. The van der Waals surface area contributed by atoms with Crippen molar-refractivity contribution in [1.82, 2.24) is 0 Å².